The van der Waals surface area contributed by atoms with Gasteiger partial charge in [-0.1, -0.05) is 37.7 Å². The van der Waals surface area contributed by atoms with Crippen LogP contribution in [0.15, 0.2) is 35.6 Å². The number of rotatable bonds is 11. The largest absolute Gasteiger partial charge is 0.465 e. The monoisotopic (exact) mass is 472 g/mol. The van der Waals surface area contributed by atoms with Crippen molar-refractivity contribution in [1.29, 1.82) is 0 Å². The predicted molar refractivity (Wildman–Crippen MR) is 127 cm³/mol. The van der Waals surface area contributed by atoms with Gasteiger partial charge in [0.15, 0.2) is 10.8 Å². The Hall–Kier alpha value is -3.18. The van der Waals surface area contributed by atoms with Gasteiger partial charge in [-0.3, -0.25) is 4.79 Å². The molecule has 0 unspecified atom stereocenters. The standard InChI is InChI=1S/C22H28N6O4S/c1-14(2)33-22-26-18(23-10-12-31-3)17-13-25-28(19(17)27-22)11-9-24-20(29)15-7-5-6-8-16(15)21(30)32-4/h5-8,13-14H,9-12H2,1-4H3,(H,24,29)(H,23,26,27). The molecule has 0 saturated carbocycles. The van der Waals surface area contributed by atoms with Gasteiger partial charge in [-0.2, -0.15) is 5.10 Å². The number of esters is 1. The molecule has 3 aromatic rings. The van der Waals surface area contributed by atoms with E-state index in [1.54, 1.807) is 54.0 Å². The van der Waals surface area contributed by atoms with Gasteiger partial charge < -0.3 is 20.1 Å². The van der Waals surface area contributed by atoms with Crippen molar-refractivity contribution in [3.05, 3.63) is 41.6 Å². The predicted octanol–water partition coefficient (Wildman–Crippen LogP) is 2.60. The third-order valence-corrected chi connectivity index (χ3v) is 5.47. The molecule has 0 radical (unpaired) electrons. The van der Waals surface area contributed by atoms with Gasteiger partial charge in [0.1, 0.15) is 5.82 Å². The van der Waals surface area contributed by atoms with Crippen LogP contribution in [-0.4, -0.2) is 70.8 Å². The molecular weight excluding hydrogens is 444 g/mol. The van der Waals surface area contributed by atoms with Crippen LogP contribution in [0.4, 0.5) is 5.82 Å². The summed E-state index contributed by atoms with van der Waals surface area (Å²) in [5, 5.41) is 12.3. The second-order valence-electron chi connectivity index (χ2n) is 7.34. The average molecular weight is 473 g/mol. The van der Waals surface area contributed by atoms with E-state index in [1.807, 2.05) is 0 Å². The molecule has 0 spiro atoms. The van der Waals surface area contributed by atoms with Gasteiger partial charge in [0.2, 0.25) is 0 Å². The van der Waals surface area contributed by atoms with Crippen molar-refractivity contribution in [3.8, 4) is 0 Å². The van der Waals surface area contributed by atoms with Crippen molar-refractivity contribution < 1.29 is 19.1 Å². The molecule has 2 aromatic heterocycles. The fourth-order valence-corrected chi connectivity index (χ4v) is 3.81. The number of thioether (sulfide) groups is 1. The molecule has 10 nitrogen and oxygen atoms in total. The van der Waals surface area contributed by atoms with Crippen molar-refractivity contribution in [2.24, 2.45) is 0 Å². The Bertz CT molecular complexity index is 1120. The molecule has 0 aliphatic heterocycles. The van der Waals surface area contributed by atoms with Crippen LogP contribution in [0.3, 0.4) is 0 Å². The number of carbonyl (C=O) groups is 2. The number of hydrogen-bond donors (Lipinski definition) is 2. The summed E-state index contributed by atoms with van der Waals surface area (Å²) in [7, 11) is 2.93. The summed E-state index contributed by atoms with van der Waals surface area (Å²) in [4.78, 5) is 33.9. The number of nitrogens with zero attached hydrogens (tertiary/aromatic N) is 4. The summed E-state index contributed by atoms with van der Waals surface area (Å²) in [5.41, 5.74) is 1.16. The average Bonchev–Trinajstić information content (AvgIpc) is 3.21. The van der Waals surface area contributed by atoms with Gasteiger partial charge in [0.05, 0.1) is 43.0 Å². The molecule has 0 atom stereocenters. The van der Waals surface area contributed by atoms with Gasteiger partial charge in [-0.25, -0.2) is 19.4 Å². The zero-order valence-electron chi connectivity index (χ0n) is 19.1. The summed E-state index contributed by atoms with van der Waals surface area (Å²) in [6, 6.07) is 6.53. The second kappa shape index (κ2) is 11.6. The molecule has 11 heteroatoms. The smallest absolute Gasteiger partial charge is 0.338 e. The molecular formula is C22H28N6O4S. The Morgan fingerprint density at radius 3 is 2.58 bits per heavy atom. The van der Waals surface area contributed by atoms with E-state index in [4.69, 9.17) is 9.47 Å². The van der Waals surface area contributed by atoms with Crippen molar-refractivity contribution in [1.82, 2.24) is 25.1 Å². The van der Waals surface area contributed by atoms with Crippen LogP contribution < -0.4 is 10.6 Å². The van der Waals surface area contributed by atoms with Gasteiger partial charge in [-0.05, 0) is 12.1 Å². The summed E-state index contributed by atoms with van der Waals surface area (Å²) in [6.45, 7) is 6.01. The Kier molecular flexibility index (Phi) is 8.61. The third kappa shape index (κ3) is 6.20. The topological polar surface area (TPSA) is 120 Å². The molecule has 2 N–H and O–H groups in total. The van der Waals surface area contributed by atoms with Gasteiger partial charge in [0.25, 0.3) is 5.91 Å². The first-order valence-electron chi connectivity index (χ1n) is 10.5. The molecule has 176 valence electrons. The molecule has 33 heavy (non-hydrogen) atoms. The summed E-state index contributed by atoms with van der Waals surface area (Å²) < 4.78 is 11.6. The minimum absolute atomic E-state index is 0.219. The first-order valence-corrected chi connectivity index (χ1v) is 11.4. The third-order valence-electron chi connectivity index (χ3n) is 4.60. The molecule has 1 amide bonds. The molecule has 0 bridgehead atoms. The number of benzene rings is 1. The van der Waals surface area contributed by atoms with Gasteiger partial charge in [-0.15, -0.1) is 0 Å². The van der Waals surface area contributed by atoms with Crippen LogP contribution in [0.25, 0.3) is 11.0 Å². The molecule has 2 heterocycles. The lowest BCUT2D eigenvalue weighted by Crippen LogP contribution is -2.29. The van der Waals surface area contributed by atoms with Crippen LogP contribution in [-0.2, 0) is 16.0 Å². The summed E-state index contributed by atoms with van der Waals surface area (Å²) in [6.07, 6.45) is 1.71. The molecule has 3 rings (SSSR count). The maximum Gasteiger partial charge on any atom is 0.338 e. The number of ether oxygens (including phenoxy) is 2. The van der Waals surface area contributed by atoms with E-state index in [0.29, 0.717) is 48.1 Å². The van der Waals surface area contributed by atoms with Gasteiger partial charge in [0, 0.05) is 25.4 Å². The highest BCUT2D eigenvalue weighted by Gasteiger charge is 2.18. The zero-order valence-corrected chi connectivity index (χ0v) is 19.9. The van der Waals surface area contributed by atoms with Crippen molar-refractivity contribution in [2.45, 2.75) is 30.8 Å². The maximum absolute atomic E-state index is 12.7. The number of carbonyl (C=O) groups excluding carboxylic acids is 2. The van der Waals surface area contributed by atoms with Crippen LogP contribution in [0.5, 0.6) is 0 Å². The van der Waals surface area contributed by atoms with Gasteiger partial charge >= 0.3 is 5.97 Å². The molecule has 0 fully saturated rings. The lowest BCUT2D eigenvalue weighted by molar-refractivity contribution is 0.0596. The van der Waals surface area contributed by atoms with Crippen molar-refractivity contribution in [2.75, 3.05) is 39.2 Å². The molecule has 1 aromatic carbocycles. The SMILES string of the molecule is COCCNc1nc(SC(C)C)nc2c1cnn2CCNC(=O)c1ccccc1C(=O)OC. The number of anilines is 1. The van der Waals surface area contributed by atoms with Crippen molar-refractivity contribution in [3.63, 3.8) is 0 Å². The molecule has 0 saturated heterocycles. The highest BCUT2D eigenvalue weighted by atomic mass is 32.2. The number of amides is 1. The normalized spacial score (nSPS) is 11.1. The molecule has 0 aliphatic rings. The van der Waals surface area contributed by atoms with Crippen molar-refractivity contribution >= 4 is 40.5 Å². The number of aromatic nitrogens is 4. The van der Waals surface area contributed by atoms with Crippen LogP contribution in [0.1, 0.15) is 34.6 Å². The zero-order chi connectivity index (χ0) is 23.8. The van der Waals surface area contributed by atoms with E-state index in [0.717, 1.165) is 5.39 Å². The number of nitrogens with one attached hydrogen (secondary N) is 2. The summed E-state index contributed by atoms with van der Waals surface area (Å²) >= 11 is 1.56. The van der Waals surface area contributed by atoms with E-state index >= 15 is 0 Å². The Labute approximate surface area is 196 Å². The number of methoxy groups -OCH3 is 2. The number of hydrogen-bond acceptors (Lipinski definition) is 9. The minimum atomic E-state index is -0.556. The first-order chi connectivity index (χ1) is 15.9. The lowest BCUT2D eigenvalue weighted by atomic mass is 10.1. The fraction of sp³-hybridized carbons (Fsp3) is 0.409. The lowest BCUT2D eigenvalue weighted by Gasteiger charge is -2.11. The van der Waals surface area contributed by atoms with Crippen LogP contribution >= 0.6 is 11.8 Å². The molecule has 0 aliphatic carbocycles. The fourth-order valence-electron chi connectivity index (χ4n) is 3.11. The maximum atomic E-state index is 12.7. The highest BCUT2D eigenvalue weighted by Crippen LogP contribution is 2.26. The summed E-state index contributed by atoms with van der Waals surface area (Å²) in [5.74, 6) is -0.221. The van der Waals surface area contributed by atoms with Crippen LogP contribution in [0.2, 0.25) is 0 Å². The second-order valence-corrected chi connectivity index (χ2v) is 8.88. The highest BCUT2D eigenvalue weighted by molar-refractivity contribution is 7.99. The van der Waals surface area contributed by atoms with E-state index in [1.165, 1.54) is 7.11 Å². The quantitative estimate of drug-likeness (QED) is 0.188. The van der Waals surface area contributed by atoms with E-state index in [9.17, 15) is 9.59 Å². The first kappa shape index (κ1) is 24.5. The Balaban J connectivity index is 1.76. The Morgan fingerprint density at radius 2 is 1.88 bits per heavy atom. The Morgan fingerprint density at radius 1 is 1.12 bits per heavy atom. The van der Waals surface area contributed by atoms with E-state index in [-0.39, 0.29) is 17.0 Å². The van der Waals surface area contributed by atoms with E-state index < -0.39 is 5.97 Å². The van der Waals surface area contributed by atoms with E-state index in [2.05, 4.69) is 39.5 Å². The number of fused-ring (bicyclic) bond motifs is 1. The minimum Gasteiger partial charge on any atom is -0.465 e. The van der Waals surface area contributed by atoms with Crippen LogP contribution in [0, 0.1) is 0 Å².